The third kappa shape index (κ3) is 5.47. The van der Waals surface area contributed by atoms with Crippen LogP contribution in [0.15, 0.2) is 60.7 Å². The number of likely N-dealkylation sites (tertiary alicyclic amines) is 1. The largest absolute Gasteiger partial charge is 0.507 e. The van der Waals surface area contributed by atoms with E-state index in [1.54, 1.807) is 42.9 Å². The number of rotatable bonds is 11. The molecule has 40 heavy (non-hydrogen) atoms. The smallest absolute Gasteiger partial charge is 0.295 e. The number of benzene rings is 2. The second-order valence-corrected chi connectivity index (χ2v) is 9.49. The number of aromatic nitrogens is 2. The van der Waals surface area contributed by atoms with Crippen LogP contribution in [-0.2, 0) is 16.1 Å². The maximum atomic E-state index is 13.5. The van der Waals surface area contributed by atoms with Crippen LogP contribution in [0.1, 0.15) is 43.9 Å². The number of aliphatic hydroxyl groups is 1. The van der Waals surface area contributed by atoms with Crippen molar-refractivity contribution in [1.29, 1.82) is 0 Å². The Hall–Kier alpha value is -4.47. The number of nitrogens with zero attached hydrogens (tertiary/aromatic N) is 3. The number of Topliss-reactive ketones (excluding diaryl/α,β-unsaturated/α-hetero) is 1. The van der Waals surface area contributed by atoms with Gasteiger partial charge < -0.3 is 33.5 Å². The second kappa shape index (κ2) is 12.1. The number of carbonyl (C=O) groups excluding carboxylic acids is 2. The third-order valence-electron chi connectivity index (χ3n) is 6.78. The molecule has 10 heteroatoms. The number of amides is 1. The van der Waals surface area contributed by atoms with Crippen molar-refractivity contribution in [3.8, 4) is 23.0 Å². The first-order valence-electron chi connectivity index (χ1n) is 13.6. The van der Waals surface area contributed by atoms with Gasteiger partial charge in [-0.2, -0.15) is 0 Å². The molecular formula is C30H33N3O7. The molecule has 1 saturated heterocycles. The Balaban J connectivity index is 1.56. The molecule has 1 amide bonds. The fourth-order valence-corrected chi connectivity index (χ4v) is 4.94. The summed E-state index contributed by atoms with van der Waals surface area (Å²) in [7, 11) is 0. The van der Waals surface area contributed by atoms with Crippen LogP contribution in [0.3, 0.4) is 0 Å². The fourth-order valence-electron chi connectivity index (χ4n) is 4.94. The zero-order chi connectivity index (χ0) is 28.1. The van der Waals surface area contributed by atoms with Gasteiger partial charge in [-0.15, -0.1) is 0 Å². The second-order valence-electron chi connectivity index (χ2n) is 9.49. The minimum absolute atomic E-state index is 0.00832. The van der Waals surface area contributed by atoms with Gasteiger partial charge in [0.25, 0.3) is 11.7 Å². The van der Waals surface area contributed by atoms with Gasteiger partial charge in [-0.3, -0.25) is 9.59 Å². The molecule has 0 radical (unpaired) electrons. The molecule has 3 heterocycles. The van der Waals surface area contributed by atoms with Gasteiger partial charge in [0.15, 0.2) is 23.0 Å². The van der Waals surface area contributed by atoms with Gasteiger partial charge in [-0.25, -0.2) is 4.98 Å². The van der Waals surface area contributed by atoms with Crippen molar-refractivity contribution in [3.05, 3.63) is 71.8 Å². The highest BCUT2D eigenvalue weighted by atomic mass is 16.6. The van der Waals surface area contributed by atoms with Crippen molar-refractivity contribution in [2.45, 2.75) is 39.3 Å². The first-order valence-corrected chi connectivity index (χ1v) is 13.6. The summed E-state index contributed by atoms with van der Waals surface area (Å²) >= 11 is 0. The van der Waals surface area contributed by atoms with Gasteiger partial charge in [0.1, 0.15) is 19.0 Å². The van der Waals surface area contributed by atoms with E-state index in [0.717, 1.165) is 6.42 Å². The number of ether oxygens (including phenoxy) is 4. The summed E-state index contributed by atoms with van der Waals surface area (Å²) in [5.74, 6) is 0.430. The predicted molar refractivity (Wildman–Crippen MR) is 147 cm³/mol. The Kier molecular flexibility index (Phi) is 8.23. The van der Waals surface area contributed by atoms with Crippen molar-refractivity contribution in [1.82, 2.24) is 14.5 Å². The van der Waals surface area contributed by atoms with Gasteiger partial charge in [0.05, 0.1) is 31.2 Å². The molecule has 0 bridgehead atoms. The monoisotopic (exact) mass is 547 g/mol. The lowest BCUT2D eigenvalue weighted by Crippen LogP contribution is -2.31. The van der Waals surface area contributed by atoms with Crippen molar-refractivity contribution >= 4 is 17.4 Å². The van der Waals surface area contributed by atoms with Gasteiger partial charge in [0.2, 0.25) is 0 Å². The molecule has 210 valence electrons. The van der Waals surface area contributed by atoms with Crippen molar-refractivity contribution in [2.75, 3.05) is 33.0 Å². The van der Waals surface area contributed by atoms with E-state index < -0.39 is 17.7 Å². The van der Waals surface area contributed by atoms with Crippen LogP contribution in [0.2, 0.25) is 0 Å². The number of ketones is 1. The van der Waals surface area contributed by atoms with E-state index in [1.165, 1.54) is 4.90 Å². The highest BCUT2D eigenvalue weighted by Crippen LogP contribution is 2.43. The van der Waals surface area contributed by atoms with Crippen LogP contribution < -0.4 is 18.9 Å². The SMILES string of the molecule is CCCOc1ccc([C@H]2C(=C(O)c3ccc4c(c3)OCCO4)C(=O)C(=O)N2CCCn2ccnc2)cc1OCC. The topological polar surface area (TPSA) is 112 Å². The first kappa shape index (κ1) is 27.1. The maximum absolute atomic E-state index is 13.5. The van der Waals surface area contributed by atoms with Crippen LogP contribution in [0.5, 0.6) is 23.0 Å². The number of imidazole rings is 1. The molecule has 0 aliphatic carbocycles. The molecule has 1 fully saturated rings. The number of hydrogen-bond donors (Lipinski definition) is 1. The number of aryl methyl sites for hydroxylation is 1. The van der Waals surface area contributed by atoms with E-state index in [4.69, 9.17) is 18.9 Å². The van der Waals surface area contributed by atoms with E-state index in [1.807, 2.05) is 30.7 Å². The highest BCUT2D eigenvalue weighted by Gasteiger charge is 2.46. The zero-order valence-electron chi connectivity index (χ0n) is 22.7. The summed E-state index contributed by atoms with van der Waals surface area (Å²) in [6, 6.07) is 9.52. The maximum Gasteiger partial charge on any atom is 0.295 e. The Morgan fingerprint density at radius 1 is 1.02 bits per heavy atom. The zero-order valence-corrected chi connectivity index (χ0v) is 22.7. The highest BCUT2D eigenvalue weighted by molar-refractivity contribution is 6.46. The molecule has 0 spiro atoms. The number of carbonyl (C=O) groups is 2. The van der Waals surface area contributed by atoms with Crippen LogP contribution in [-0.4, -0.2) is 64.2 Å². The third-order valence-corrected chi connectivity index (χ3v) is 6.78. The summed E-state index contributed by atoms with van der Waals surface area (Å²) < 4.78 is 24.9. The van der Waals surface area contributed by atoms with Crippen LogP contribution >= 0.6 is 0 Å². The lowest BCUT2D eigenvalue weighted by Gasteiger charge is -2.26. The lowest BCUT2D eigenvalue weighted by atomic mass is 9.94. The van der Waals surface area contributed by atoms with Crippen LogP contribution in [0.4, 0.5) is 0 Å². The van der Waals surface area contributed by atoms with Gasteiger partial charge in [0, 0.05) is 31.0 Å². The van der Waals surface area contributed by atoms with Crippen molar-refractivity contribution < 1.29 is 33.6 Å². The fraction of sp³-hybridized carbons (Fsp3) is 0.367. The number of hydrogen-bond acceptors (Lipinski definition) is 8. The molecule has 5 rings (SSSR count). The van der Waals surface area contributed by atoms with E-state index in [-0.39, 0.29) is 11.3 Å². The van der Waals surface area contributed by atoms with Crippen molar-refractivity contribution in [2.24, 2.45) is 0 Å². The Bertz CT molecular complexity index is 1400. The Labute approximate surface area is 232 Å². The summed E-state index contributed by atoms with van der Waals surface area (Å²) in [6.07, 6.45) is 6.66. The van der Waals surface area contributed by atoms with Crippen molar-refractivity contribution in [3.63, 3.8) is 0 Å². The van der Waals surface area contributed by atoms with Gasteiger partial charge in [-0.1, -0.05) is 13.0 Å². The molecule has 2 aromatic carbocycles. The van der Waals surface area contributed by atoms with E-state index in [9.17, 15) is 14.7 Å². The molecule has 1 N–H and O–H groups in total. The Morgan fingerprint density at radius 2 is 1.85 bits per heavy atom. The molecule has 2 aliphatic heterocycles. The van der Waals surface area contributed by atoms with Crippen LogP contribution in [0, 0.1) is 0 Å². The first-order chi connectivity index (χ1) is 19.5. The molecular weight excluding hydrogens is 514 g/mol. The molecule has 0 unspecified atom stereocenters. The number of aliphatic hydroxyl groups excluding tert-OH is 1. The normalized spacial score (nSPS) is 17.8. The molecule has 1 atom stereocenters. The van der Waals surface area contributed by atoms with Crippen LogP contribution in [0.25, 0.3) is 5.76 Å². The molecule has 3 aromatic rings. The minimum atomic E-state index is -0.824. The molecule has 2 aliphatic rings. The molecule has 10 nitrogen and oxygen atoms in total. The summed E-state index contributed by atoms with van der Waals surface area (Å²) in [6.45, 7) is 6.55. The Morgan fingerprint density at radius 3 is 2.60 bits per heavy atom. The minimum Gasteiger partial charge on any atom is -0.507 e. The summed E-state index contributed by atoms with van der Waals surface area (Å²) in [5, 5.41) is 11.5. The van der Waals surface area contributed by atoms with Gasteiger partial charge >= 0.3 is 0 Å². The number of fused-ring (bicyclic) bond motifs is 1. The predicted octanol–water partition coefficient (Wildman–Crippen LogP) is 4.35. The quantitative estimate of drug-likeness (QED) is 0.214. The van der Waals surface area contributed by atoms with E-state index >= 15 is 0 Å². The van der Waals surface area contributed by atoms with Gasteiger partial charge in [-0.05, 0) is 55.7 Å². The summed E-state index contributed by atoms with van der Waals surface area (Å²) in [5.41, 5.74) is 1.00. The van der Waals surface area contributed by atoms with E-state index in [0.29, 0.717) is 80.1 Å². The average molecular weight is 548 g/mol. The molecule has 0 saturated carbocycles. The average Bonchev–Trinajstić information content (AvgIpc) is 3.58. The molecule has 1 aromatic heterocycles. The lowest BCUT2D eigenvalue weighted by molar-refractivity contribution is -0.139. The standard InChI is InChI=1S/C30H33N3O7/c1-3-14-38-22-8-6-20(17-24(22)37-4-2)27-26(28(34)21-7-9-23-25(18-21)40-16-15-39-23)29(35)30(36)33(27)12-5-11-32-13-10-31-19-32/h6-10,13,17-19,27,34H,3-5,11-12,14-16H2,1-2H3/t27-/m0/s1. The van der Waals surface area contributed by atoms with E-state index in [2.05, 4.69) is 4.98 Å². The summed E-state index contributed by atoms with van der Waals surface area (Å²) in [4.78, 5) is 32.4.